The molecular formula is C24H39NO. The molecular weight excluding hydrogens is 318 g/mol. The van der Waals surface area contributed by atoms with Crippen molar-refractivity contribution in [3.8, 4) is 5.75 Å². The van der Waals surface area contributed by atoms with Crippen molar-refractivity contribution in [3.63, 3.8) is 0 Å². The lowest BCUT2D eigenvalue weighted by Gasteiger charge is -2.38. The molecule has 2 aliphatic carbocycles. The maximum Gasteiger partial charge on any atom is 0.119 e. The van der Waals surface area contributed by atoms with Crippen molar-refractivity contribution in [2.45, 2.75) is 84.0 Å². The van der Waals surface area contributed by atoms with Crippen LogP contribution in [-0.2, 0) is 0 Å². The molecule has 1 aromatic rings. The first-order valence-corrected chi connectivity index (χ1v) is 11.2. The summed E-state index contributed by atoms with van der Waals surface area (Å²) >= 11 is 0. The average molecular weight is 358 g/mol. The van der Waals surface area contributed by atoms with Crippen LogP contribution in [-0.4, -0.2) is 6.61 Å². The smallest absolute Gasteiger partial charge is 0.119 e. The number of nitrogens with two attached hydrogens (primary N) is 1. The molecule has 0 spiro atoms. The van der Waals surface area contributed by atoms with Crippen LogP contribution < -0.4 is 10.5 Å². The van der Waals surface area contributed by atoms with Crippen molar-refractivity contribution < 1.29 is 4.74 Å². The highest BCUT2D eigenvalue weighted by Crippen LogP contribution is 2.42. The number of nitrogen functional groups attached to an aromatic ring is 1. The molecule has 1 aromatic carbocycles. The van der Waals surface area contributed by atoms with Crippen molar-refractivity contribution >= 4 is 5.69 Å². The maximum absolute atomic E-state index is 5.99. The minimum Gasteiger partial charge on any atom is -0.493 e. The summed E-state index contributed by atoms with van der Waals surface area (Å²) in [5.41, 5.74) is 6.54. The summed E-state index contributed by atoms with van der Waals surface area (Å²) in [6.45, 7) is 3.19. The molecule has 146 valence electrons. The van der Waals surface area contributed by atoms with Crippen LogP contribution >= 0.6 is 0 Å². The fourth-order valence-corrected chi connectivity index (χ4v) is 5.24. The second-order valence-corrected chi connectivity index (χ2v) is 8.94. The second kappa shape index (κ2) is 10.2. The molecule has 0 bridgehead atoms. The van der Waals surface area contributed by atoms with Crippen molar-refractivity contribution in [2.75, 3.05) is 12.3 Å². The standard InChI is InChI=1S/C24H39NO/c1-2-3-4-5-19-6-10-21(11-7-19)22-12-8-20(9-13-22)18-26-24-16-14-23(25)15-17-24/h14-17,19-22H,2-13,18,25H2,1H3. The Morgan fingerprint density at radius 2 is 1.38 bits per heavy atom. The first-order chi connectivity index (χ1) is 12.7. The molecule has 2 heteroatoms. The molecule has 2 nitrogen and oxygen atoms in total. The summed E-state index contributed by atoms with van der Waals surface area (Å²) in [5, 5.41) is 0. The van der Waals surface area contributed by atoms with E-state index in [1.807, 2.05) is 24.3 Å². The predicted octanol–water partition coefficient (Wildman–Crippen LogP) is 6.84. The van der Waals surface area contributed by atoms with Gasteiger partial charge in [0.25, 0.3) is 0 Å². The van der Waals surface area contributed by atoms with Gasteiger partial charge < -0.3 is 10.5 Å². The summed E-state index contributed by atoms with van der Waals surface area (Å²) < 4.78 is 5.99. The van der Waals surface area contributed by atoms with Crippen LogP contribution in [0.5, 0.6) is 5.75 Å². The monoisotopic (exact) mass is 357 g/mol. The van der Waals surface area contributed by atoms with Gasteiger partial charge >= 0.3 is 0 Å². The number of hydrogen-bond donors (Lipinski definition) is 1. The fourth-order valence-electron chi connectivity index (χ4n) is 5.24. The summed E-state index contributed by atoms with van der Waals surface area (Å²) in [7, 11) is 0. The first-order valence-electron chi connectivity index (χ1n) is 11.2. The van der Waals surface area contributed by atoms with Crippen LogP contribution in [0.1, 0.15) is 84.0 Å². The second-order valence-electron chi connectivity index (χ2n) is 8.94. The van der Waals surface area contributed by atoms with E-state index in [-0.39, 0.29) is 0 Å². The van der Waals surface area contributed by atoms with Gasteiger partial charge in [-0.1, -0.05) is 45.4 Å². The molecule has 2 fully saturated rings. The summed E-state index contributed by atoms with van der Waals surface area (Å²) in [6, 6.07) is 7.81. The van der Waals surface area contributed by atoms with E-state index < -0.39 is 0 Å². The van der Waals surface area contributed by atoms with E-state index in [4.69, 9.17) is 10.5 Å². The van der Waals surface area contributed by atoms with E-state index in [1.165, 1.54) is 77.0 Å². The number of ether oxygens (including phenoxy) is 1. The van der Waals surface area contributed by atoms with Gasteiger partial charge in [0.1, 0.15) is 5.75 Å². The molecule has 3 rings (SSSR count). The summed E-state index contributed by atoms with van der Waals surface area (Å²) in [4.78, 5) is 0. The molecule has 0 aliphatic heterocycles. The molecule has 0 atom stereocenters. The highest BCUT2D eigenvalue weighted by Gasteiger charge is 2.30. The molecule has 26 heavy (non-hydrogen) atoms. The van der Waals surface area contributed by atoms with Crippen LogP contribution in [0, 0.1) is 23.7 Å². The molecule has 0 radical (unpaired) electrons. The largest absolute Gasteiger partial charge is 0.493 e. The Bertz CT molecular complexity index is 495. The quantitative estimate of drug-likeness (QED) is 0.408. The van der Waals surface area contributed by atoms with E-state index in [9.17, 15) is 0 Å². The first kappa shape index (κ1) is 19.6. The molecule has 0 saturated heterocycles. The zero-order chi connectivity index (χ0) is 18.2. The SMILES string of the molecule is CCCCCC1CCC(C2CCC(COc3ccc(N)cc3)CC2)CC1. The topological polar surface area (TPSA) is 35.2 Å². The van der Waals surface area contributed by atoms with Gasteiger partial charge in [0.05, 0.1) is 6.61 Å². The minimum atomic E-state index is 0.745. The maximum atomic E-state index is 5.99. The Morgan fingerprint density at radius 1 is 0.808 bits per heavy atom. The molecule has 0 amide bonds. The van der Waals surface area contributed by atoms with Crippen LogP contribution in [0.15, 0.2) is 24.3 Å². The molecule has 0 unspecified atom stereocenters. The van der Waals surface area contributed by atoms with Gasteiger partial charge in [0.15, 0.2) is 0 Å². The Balaban J connectivity index is 1.32. The summed E-state index contributed by atoms with van der Waals surface area (Å²) in [6.07, 6.45) is 17.4. The van der Waals surface area contributed by atoms with Gasteiger partial charge in [-0.2, -0.15) is 0 Å². The lowest BCUT2D eigenvalue weighted by molar-refractivity contribution is 0.121. The third-order valence-corrected chi connectivity index (χ3v) is 7.03. The number of unbranched alkanes of at least 4 members (excludes halogenated alkanes) is 2. The number of rotatable bonds is 8. The van der Waals surface area contributed by atoms with Crippen LogP contribution in [0.3, 0.4) is 0 Å². The molecule has 2 N–H and O–H groups in total. The Kier molecular flexibility index (Phi) is 7.70. The van der Waals surface area contributed by atoms with E-state index >= 15 is 0 Å². The van der Waals surface area contributed by atoms with Crippen LogP contribution in [0.2, 0.25) is 0 Å². The highest BCUT2D eigenvalue weighted by atomic mass is 16.5. The lowest BCUT2D eigenvalue weighted by Crippen LogP contribution is -2.27. The van der Waals surface area contributed by atoms with Crippen molar-refractivity contribution in [2.24, 2.45) is 23.7 Å². The van der Waals surface area contributed by atoms with Gasteiger partial charge in [-0.3, -0.25) is 0 Å². The van der Waals surface area contributed by atoms with Gasteiger partial charge in [-0.25, -0.2) is 0 Å². The summed E-state index contributed by atoms with van der Waals surface area (Å²) in [5.74, 6) is 4.77. The van der Waals surface area contributed by atoms with E-state index in [1.54, 1.807) is 0 Å². The Morgan fingerprint density at radius 3 is 1.96 bits per heavy atom. The molecule has 2 aliphatic rings. The zero-order valence-corrected chi connectivity index (χ0v) is 16.8. The third-order valence-electron chi connectivity index (χ3n) is 7.03. The van der Waals surface area contributed by atoms with Gasteiger partial charge in [0.2, 0.25) is 0 Å². The average Bonchev–Trinajstić information content (AvgIpc) is 2.69. The minimum absolute atomic E-state index is 0.745. The number of anilines is 1. The lowest BCUT2D eigenvalue weighted by atomic mass is 9.69. The zero-order valence-electron chi connectivity index (χ0n) is 16.8. The molecule has 2 saturated carbocycles. The molecule has 0 heterocycles. The van der Waals surface area contributed by atoms with Crippen LogP contribution in [0.25, 0.3) is 0 Å². The normalized spacial score (nSPS) is 29.4. The van der Waals surface area contributed by atoms with Crippen molar-refractivity contribution in [1.82, 2.24) is 0 Å². The van der Waals surface area contributed by atoms with E-state index in [0.29, 0.717) is 0 Å². The van der Waals surface area contributed by atoms with Crippen LogP contribution in [0.4, 0.5) is 5.69 Å². The third kappa shape index (κ3) is 5.93. The number of hydrogen-bond acceptors (Lipinski definition) is 2. The highest BCUT2D eigenvalue weighted by molar-refractivity contribution is 5.41. The number of benzene rings is 1. The van der Waals surface area contributed by atoms with E-state index in [2.05, 4.69) is 6.92 Å². The molecule has 0 aromatic heterocycles. The predicted molar refractivity (Wildman–Crippen MR) is 111 cm³/mol. The van der Waals surface area contributed by atoms with E-state index in [0.717, 1.165) is 41.7 Å². The fraction of sp³-hybridized carbons (Fsp3) is 0.750. The van der Waals surface area contributed by atoms with Crippen molar-refractivity contribution in [3.05, 3.63) is 24.3 Å². The van der Waals surface area contributed by atoms with Gasteiger partial charge in [-0.05, 0) is 86.5 Å². The van der Waals surface area contributed by atoms with Gasteiger partial charge in [-0.15, -0.1) is 0 Å². The Labute approximate surface area is 160 Å². The Hall–Kier alpha value is -1.18. The van der Waals surface area contributed by atoms with Crippen molar-refractivity contribution in [1.29, 1.82) is 0 Å². The van der Waals surface area contributed by atoms with Gasteiger partial charge in [0, 0.05) is 5.69 Å².